The van der Waals surface area contributed by atoms with E-state index in [1.165, 1.54) is 64.3 Å². The molecule has 0 spiro atoms. The number of rotatable bonds is 7. The Balaban J connectivity index is 0.770. The molecule has 19 aromatic rings. The van der Waals surface area contributed by atoms with E-state index in [0.717, 1.165) is 111 Å². The Morgan fingerprint density at radius 3 is 1.49 bits per heavy atom. The molecule has 1 aliphatic rings. The first kappa shape index (κ1) is 49.3. The summed E-state index contributed by atoms with van der Waals surface area (Å²) in [5.41, 5.74) is 20.8. The number of para-hydroxylation sites is 3. The summed E-state index contributed by atoms with van der Waals surface area (Å²) in [5, 5.41) is 20.0. The second kappa shape index (κ2) is 18.6. The molecule has 7 aromatic heterocycles. The van der Waals surface area contributed by atoms with Crippen LogP contribution in [0.2, 0.25) is 0 Å². The zero-order valence-electron chi connectivity index (χ0n) is 48.2. The van der Waals surface area contributed by atoms with Crippen molar-refractivity contribution >= 4 is 108 Å². The van der Waals surface area contributed by atoms with Crippen LogP contribution in [0.1, 0.15) is 22.3 Å². The number of benzene rings is 12. The molecule has 0 fully saturated rings. The Kier molecular flexibility index (Phi) is 10.2. The Morgan fingerprint density at radius 2 is 0.800 bits per heavy atom. The van der Waals surface area contributed by atoms with Crippen molar-refractivity contribution in [1.29, 1.82) is 0 Å². The predicted molar refractivity (Wildman–Crippen MR) is 370 cm³/mol. The van der Waals surface area contributed by atoms with Gasteiger partial charge in [-0.15, -0.1) is 11.3 Å². The highest BCUT2D eigenvalue weighted by Crippen LogP contribution is 2.58. The monoisotopic (exact) mass is 1160 g/mol. The smallest absolute Gasteiger partial charge is 0.237 e. The predicted octanol–water partition coefficient (Wildman–Crippen LogP) is 20.0. The number of aromatic nitrogens is 8. The fourth-order valence-electron chi connectivity index (χ4n) is 15.1. The van der Waals surface area contributed by atoms with Gasteiger partial charge < -0.3 is 0 Å². The minimum Gasteiger partial charge on any atom is -0.278 e. The Labute approximate surface area is 518 Å². The summed E-state index contributed by atoms with van der Waals surface area (Å²) in [6, 6.07) is 106. The lowest BCUT2D eigenvalue weighted by atomic mass is 9.67. The average Bonchev–Trinajstić information content (AvgIpc) is 1.56. The van der Waals surface area contributed by atoms with Gasteiger partial charge in [0.25, 0.3) is 0 Å². The number of hydrogen-bond donors (Lipinski definition) is 0. The number of nitrogens with zero attached hydrogens (tertiary/aromatic N) is 8. The third-order valence-electron chi connectivity index (χ3n) is 19.1. The number of fused-ring (bicyclic) bond motifs is 18. The zero-order valence-corrected chi connectivity index (χ0v) is 49.0. The van der Waals surface area contributed by atoms with Gasteiger partial charge in [0.15, 0.2) is 0 Å². The van der Waals surface area contributed by atoms with E-state index in [0.29, 0.717) is 0 Å². The second-order valence-corrected chi connectivity index (χ2v) is 24.9. The van der Waals surface area contributed by atoms with Gasteiger partial charge in [0.05, 0.1) is 60.9 Å². The summed E-state index contributed by atoms with van der Waals surface area (Å²) in [6.45, 7) is 0. The van der Waals surface area contributed by atoms with Gasteiger partial charge in [0.1, 0.15) is 0 Å². The van der Waals surface area contributed by atoms with Crippen LogP contribution < -0.4 is 0 Å². The van der Waals surface area contributed by atoms with Gasteiger partial charge in [-0.3, -0.25) is 9.13 Å². The molecule has 1 unspecified atom stereocenters. The fraction of sp³-hybridized carbons (Fsp3) is 0.0123. The van der Waals surface area contributed by atoms with E-state index < -0.39 is 5.41 Å². The molecule has 20 rings (SSSR count). The third-order valence-corrected chi connectivity index (χ3v) is 20.2. The molecule has 7 heterocycles. The van der Waals surface area contributed by atoms with E-state index in [1.54, 1.807) is 0 Å². The van der Waals surface area contributed by atoms with Crippen LogP contribution in [0.15, 0.2) is 291 Å². The largest absolute Gasteiger partial charge is 0.278 e. The molecule has 12 aromatic carbocycles. The van der Waals surface area contributed by atoms with Crippen molar-refractivity contribution in [3.05, 3.63) is 313 Å². The van der Waals surface area contributed by atoms with Gasteiger partial charge in [0.2, 0.25) is 11.9 Å². The van der Waals surface area contributed by atoms with Gasteiger partial charge >= 0.3 is 0 Å². The van der Waals surface area contributed by atoms with E-state index in [1.807, 2.05) is 21.9 Å². The van der Waals surface area contributed by atoms with Crippen molar-refractivity contribution in [3.63, 3.8) is 0 Å². The molecule has 0 radical (unpaired) electrons. The molecule has 0 saturated heterocycles. The Hall–Kier alpha value is -11.8. The minimum absolute atomic E-state index is 0.666. The summed E-state index contributed by atoms with van der Waals surface area (Å²) in [4.78, 5) is 11.1. The lowest BCUT2D eigenvalue weighted by molar-refractivity contribution is 0.769. The van der Waals surface area contributed by atoms with Crippen LogP contribution in [0.3, 0.4) is 0 Å². The van der Waals surface area contributed by atoms with Crippen molar-refractivity contribution in [2.75, 3.05) is 0 Å². The first-order chi connectivity index (χ1) is 44.6. The number of thiophene rings is 1. The summed E-state index contributed by atoms with van der Waals surface area (Å²) < 4.78 is 11.3. The highest BCUT2D eigenvalue weighted by molar-refractivity contribution is 7.25. The second-order valence-electron chi connectivity index (χ2n) is 23.8. The lowest BCUT2D eigenvalue weighted by Crippen LogP contribution is -2.28. The van der Waals surface area contributed by atoms with Crippen LogP contribution in [-0.4, -0.2) is 38.3 Å². The molecule has 0 amide bonds. The molecule has 9 heteroatoms. The first-order valence-corrected chi connectivity index (χ1v) is 31.3. The lowest BCUT2D eigenvalue weighted by Gasteiger charge is -2.34. The van der Waals surface area contributed by atoms with Crippen LogP contribution in [0.25, 0.3) is 153 Å². The summed E-state index contributed by atoms with van der Waals surface area (Å²) in [6.07, 6.45) is 0. The molecule has 8 nitrogen and oxygen atoms in total. The Morgan fingerprint density at radius 1 is 0.278 bits per heavy atom. The molecule has 0 aliphatic heterocycles. The van der Waals surface area contributed by atoms with Crippen molar-refractivity contribution in [1.82, 2.24) is 38.3 Å². The topological polar surface area (TPSA) is 70.2 Å². The van der Waals surface area contributed by atoms with Crippen molar-refractivity contribution in [2.45, 2.75) is 5.41 Å². The molecular formula is C81H48N8S. The standard InChI is InChI=1S/C81H48N8S/c1-4-20-50(21-5-1)69-47-75-59-30-11-16-32-67(59)82-79(88(75)84-69)86-71-33-17-12-27-56(71)61-43-66-60(44-73(61)86)55-26-10-15-31-65(55)81(66,53-24-8-3-9-25-53)54-39-36-49(37-40-54)52-38-41-68-64(42-52)76-48-70(51-22-6-2-7-23-51)85-89(76)80(83-68)87-72-34-18-13-28-57(72)62-46-78-63(45-74(62)87)58-29-14-19-35-77(58)90-78/h1-48H. The maximum atomic E-state index is 5.62. The van der Waals surface area contributed by atoms with Crippen LogP contribution in [0, 0.1) is 0 Å². The van der Waals surface area contributed by atoms with Crippen molar-refractivity contribution in [3.8, 4) is 56.7 Å². The summed E-state index contributed by atoms with van der Waals surface area (Å²) in [5.74, 6) is 1.48. The SMILES string of the molecule is c1ccc(-c2cc3c4ccccc4nc(-n4c5ccccc5c5cc6c(cc54)-c4ccccc4C6(c4ccccc4)c4ccc(-c5ccc6nc(-n7c8ccccc8c8cc9sc%10ccccc%10c9cc87)n7nc(-c8ccccc8)cc7c6c5)cc4)n3n2)cc1. The van der Waals surface area contributed by atoms with Crippen LogP contribution in [0.5, 0.6) is 0 Å². The highest BCUT2D eigenvalue weighted by Gasteiger charge is 2.46. The van der Waals surface area contributed by atoms with E-state index in [-0.39, 0.29) is 0 Å². The molecular weight excluding hydrogens is 1120 g/mol. The zero-order chi connectivity index (χ0) is 58.8. The number of hydrogen-bond acceptors (Lipinski definition) is 5. The van der Waals surface area contributed by atoms with E-state index in [4.69, 9.17) is 20.2 Å². The first-order valence-electron chi connectivity index (χ1n) is 30.5. The molecule has 1 aliphatic carbocycles. The molecule has 0 bridgehead atoms. The molecule has 90 heavy (non-hydrogen) atoms. The maximum absolute atomic E-state index is 5.62. The minimum atomic E-state index is -0.666. The van der Waals surface area contributed by atoms with Crippen molar-refractivity contribution in [2.24, 2.45) is 0 Å². The molecule has 0 saturated carbocycles. The maximum Gasteiger partial charge on any atom is 0.237 e. The van der Waals surface area contributed by atoms with Crippen LogP contribution in [0.4, 0.5) is 0 Å². The highest BCUT2D eigenvalue weighted by atomic mass is 32.1. The van der Waals surface area contributed by atoms with Crippen LogP contribution in [-0.2, 0) is 5.41 Å². The van der Waals surface area contributed by atoms with E-state index in [9.17, 15) is 0 Å². The third kappa shape index (κ3) is 6.89. The van der Waals surface area contributed by atoms with Gasteiger partial charge in [-0.2, -0.15) is 19.2 Å². The molecule has 1 atom stereocenters. The fourth-order valence-corrected chi connectivity index (χ4v) is 16.2. The van der Waals surface area contributed by atoms with Crippen LogP contribution >= 0.6 is 11.3 Å². The summed E-state index contributed by atoms with van der Waals surface area (Å²) >= 11 is 1.85. The quantitative estimate of drug-likeness (QED) is 0.159. The van der Waals surface area contributed by atoms with Gasteiger partial charge in [0, 0.05) is 63.6 Å². The van der Waals surface area contributed by atoms with E-state index >= 15 is 0 Å². The van der Waals surface area contributed by atoms with Crippen molar-refractivity contribution < 1.29 is 0 Å². The van der Waals surface area contributed by atoms with Gasteiger partial charge in [-0.1, -0.05) is 218 Å². The van der Waals surface area contributed by atoms with E-state index in [2.05, 4.69) is 299 Å². The Bertz CT molecular complexity index is 6210. The van der Waals surface area contributed by atoms with Gasteiger partial charge in [-0.25, -0.2) is 9.97 Å². The normalized spacial score (nSPS) is 14.0. The molecule has 0 N–H and O–H groups in total. The average molecular weight is 1170 g/mol. The van der Waals surface area contributed by atoms with Gasteiger partial charge in [-0.05, 0) is 117 Å². The summed E-state index contributed by atoms with van der Waals surface area (Å²) in [7, 11) is 0. The molecule has 418 valence electrons.